The second-order valence-corrected chi connectivity index (χ2v) is 22.3. The van der Waals surface area contributed by atoms with E-state index in [9.17, 15) is 0 Å². The summed E-state index contributed by atoms with van der Waals surface area (Å²) < 4.78 is 16.6. The van der Waals surface area contributed by atoms with Crippen molar-refractivity contribution in [3.05, 3.63) is 12.2 Å². The summed E-state index contributed by atoms with van der Waals surface area (Å²) in [6, 6.07) is 0. The SMILES string of the molecule is CCCCCCCC/C=C/[C@H](OCOC)[Sn]([CH2]CCC)([CH2]CCC)[CH2]CCC. The first kappa shape index (κ1) is 28.5. The fourth-order valence-corrected chi connectivity index (χ4v) is 20.6. The molecule has 2 nitrogen and oxygen atoms in total. The molecule has 0 unspecified atom stereocenters. The molecular formula is C25H52O2Sn. The fraction of sp³-hybridized carbons (Fsp3) is 0.920. The molecule has 0 amide bonds. The topological polar surface area (TPSA) is 18.5 Å². The second kappa shape index (κ2) is 20.7. The van der Waals surface area contributed by atoms with Crippen molar-refractivity contribution in [2.45, 2.75) is 129 Å². The minimum absolute atomic E-state index is 0.402. The zero-order chi connectivity index (χ0) is 20.9. The first-order chi connectivity index (χ1) is 13.7. The van der Waals surface area contributed by atoms with Gasteiger partial charge in [-0.15, -0.1) is 0 Å². The summed E-state index contributed by atoms with van der Waals surface area (Å²) in [6.45, 7) is 9.77. The van der Waals surface area contributed by atoms with Gasteiger partial charge in [0, 0.05) is 0 Å². The Hall–Kier alpha value is 0.459. The van der Waals surface area contributed by atoms with Crippen molar-refractivity contribution in [1.82, 2.24) is 0 Å². The molecule has 0 N–H and O–H groups in total. The van der Waals surface area contributed by atoms with Gasteiger partial charge in [-0.3, -0.25) is 0 Å². The Labute approximate surface area is 182 Å². The van der Waals surface area contributed by atoms with Crippen LogP contribution in [0.15, 0.2) is 12.2 Å². The van der Waals surface area contributed by atoms with Crippen LogP contribution < -0.4 is 0 Å². The van der Waals surface area contributed by atoms with E-state index in [4.69, 9.17) is 9.47 Å². The van der Waals surface area contributed by atoms with E-state index in [0.717, 1.165) is 0 Å². The van der Waals surface area contributed by atoms with Crippen LogP contribution >= 0.6 is 0 Å². The third kappa shape index (κ3) is 13.6. The Morgan fingerprint density at radius 1 is 0.679 bits per heavy atom. The number of ether oxygens (including phenoxy) is 2. The molecule has 0 saturated heterocycles. The van der Waals surface area contributed by atoms with Gasteiger partial charge >= 0.3 is 183 Å². The van der Waals surface area contributed by atoms with Crippen LogP contribution in [0.3, 0.4) is 0 Å². The van der Waals surface area contributed by atoms with Crippen LogP contribution in [0, 0.1) is 0 Å². The van der Waals surface area contributed by atoms with Crippen molar-refractivity contribution in [2.24, 2.45) is 0 Å². The molecule has 0 aromatic heterocycles. The van der Waals surface area contributed by atoms with Crippen LogP contribution in [0.4, 0.5) is 0 Å². The van der Waals surface area contributed by atoms with Crippen LogP contribution in [0.25, 0.3) is 0 Å². The molecular weight excluding hydrogens is 451 g/mol. The van der Waals surface area contributed by atoms with Gasteiger partial charge in [0.05, 0.1) is 0 Å². The van der Waals surface area contributed by atoms with Gasteiger partial charge in [0.25, 0.3) is 0 Å². The summed E-state index contributed by atoms with van der Waals surface area (Å²) >= 11 is -2.41. The maximum atomic E-state index is 6.39. The third-order valence-corrected chi connectivity index (χ3v) is 22.1. The van der Waals surface area contributed by atoms with Crippen molar-refractivity contribution in [2.75, 3.05) is 13.9 Å². The van der Waals surface area contributed by atoms with Crippen LogP contribution in [0.5, 0.6) is 0 Å². The van der Waals surface area contributed by atoms with Gasteiger partial charge in [0.1, 0.15) is 0 Å². The summed E-state index contributed by atoms with van der Waals surface area (Å²) in [4.78, 5) is 0. The minimum atomic E-state index is -2.41. The second-order valence-electron chi connectivity index (χ2n) is 8.65. The summed E-state index contributed by atoms with van der Waals surface area (Å²) in [5, 5.41) is 0. The Morgan fingerprint density at radius 3 is 1.68 bits per heavy atom. The molecule has 1 atom stereocenters. The Balaban J connectivity index is 5.02. The normalized spacial score (nSPS) is 13.5. The van der Waals surface area contributed by atoms with Gasteiger partial charge in [-0.05, 0) is 0 Å². The van der Waals surface area contributed by atoms with Crippen molar-refractivity contribution < 1.29 is 9.47 Å². The molecule has 0 aliphatic carbocycles. The van der Waals surface area contributed by atoms with Crippen LogP contribution in [-0.4, -0.2) is 36.4 Å². The van der Waals surface area contributed by atoms with E-state index in [1.807, 2.05) is 0 Å². The van der Waals surface area contributed by atoms with E-state index in [1.165, 1.54) is 96.8 Å². The molecule has 0 spiro atoms. The number of allylic oxidation sites excluding steroid dienone is 1. The van der Waals surface area contributed by atoms with Gasteiger partial charge in [-0.1, -0.05) is 0 Å². The zero-order valence-corrected chi connectivity index (χ0v) is 22.9. The zero-order valence-electron chi connectivity index (χ0n) is 20.1. The molecule has 0 aromatic carbocycles. The van der Waals surface area contributed by atoms with Crippen LogP contribution in [0.1, 0.15) is 111 Å². The van der Waals surface area contributed by atoms with Crippen molar-refractivity contribution >= 4 is 18.4 Å². The molecule has 28 heavy (non-hydrogen) atoms. The maximum absolute atomic E-state index is 6.39. The van der Waals surface area contributed by atoms with E-state index in [-0.39, 0.29) is 0 Å². The van der Waals surface area contributed by atoms with Crippen molar-refractivity contribution in [3.63, 3.8) is 0 Å². The molecule has 0 aromatic rings. The quantitative estimate of drug-likeness (QED) is 0.0675. The van der Waals surface area contributed by atoms with Crippen LogP contribution in [0.2, 0.25) is 13.3 Å². The number of hydrogen-bond acceptors (Lipinski definition) is 2. The van der Waals surface area contributed by atoms with Gasteiger partial charge < -0.3 is 0 Å². The number of unbranched alkanes of at least 4 members (excludes halogenated alkanes) is 9. The first-order valence-corrected chi connectivity index (χ1v) is 20.2. The van der Waals surface area contributed by atoms with Crippen molar-refractivity contribution in [3.8, 4) is 0 Å². The molecule has 3 heteroatoms. The van der Waals surface area contributed by atoms with Gasteiger partial charge in [0.2, 0.25) is 0 Å². The molecule has 0 aliphatic heterocycles. The molecule has 0 fully saturated rings. The van der Waals surface area contributed by atoms with Crippen LogP contribution in [-0.2, 0) is 9.47 Å². The van der Waals surface area contributed by atoms with Gasteiger partial charge in [-0.2, -0.15) is 0 Å². The van der Waals surface area contributed by atoms with E-state index in [1.54, 1.807) is 7.11 Å². The molecule has 0 bridgehead atoms. The van der Waals surface area contributed by atoms with E-state index in [0.29, 0.717) is 10.9 Å². The number of methoxy groups -OCH3 is 1. The molecule has 0 heterocycles. The summed E-state index contributed by atoms with van der Waals surface area (Å²) in [5.74, 6) is 0. The average Bonchev–Trinajstić information content (AvgIpc) is 2.72. The third-order valence-electron chi connectivity index (χ3n) is 6.09. The van der Waals surface area contributed by atoms with E-state index in [2.05, 4.69) is 39.8 Å². The summed E-state index contributed by atoms with van der Waals surface area (Å²) in [6.07, 6.45) is 22.5. The molecule has 0 rings (SSSR count). The Bertz CT molecular complexity index is 322. The first-order valence-electron chi connectivity index (χ1n) is 12.5. The molecule has 0 radical (unpaired) electrons. The Kier molecular flexibility index (Phi) is 21.1. The molecule has 168 valence electrons. The predicted octanol–water partition coefficient (Wildman–Crippen LogP) is 8.67. The fourth-order valence-electron chi connectivity index (χ4n) is 4.23. The predicted molar refractivity (Wildman–Crippen MR) is 129 cm³/mol. The van der Waals surface area contributed by atoms with Gasteiger partial charge in [-0.25, -0.2) is 0 Å². The van der Waals surface area contributed by atoms with Gasteiger partial charge in [0.15, 0.2) is 0 Å². The van der Waals surface area contributed by atoms with Crippen molar-refractivity contribution in [1.29, 1.82) is 0 Å². The number of hydrogen-bond donors (Lipinski definition) is 0. The summed E-state index contributed by atoms with van der Waals surface area (Å²) in [5.41, 5.74) is 0. The van der Waals surface area contributed by atoms with E-state index >= 15 is 0 Å². The molecule has 0 aliphatic rings. The monoisotopic (exact) mass is 504 g/mol. The average molecular weight is 503 g/mol. The standard InChI is InChI=1S/C13H25O2.3C4H9.Sn/c1-3-4-5-6-7-8-9-10-11-12-15-13-14-2;3*1-3-4-2;/h10-12H,3-9,13H2,1-2H3;3*1,3-4H2,2H3;/b11-10+;;;;. The Morgan fingerprint density at radius 2 is 1.18 bits per heavy atom. The van der Waals surface area contributed by atoms with E-state index < -0.39 is 18.4 Å². The number of rotatable bonds is 21. The summed E-state index contributed by atoms with van der Waals surface area (Å²) in [7, 11) is 1.76. The molecule has 0 saturated carbocycles.